The summed E-state index contributed by atoms with van der Waals surface area (Å²) in [6.45, 7) is 0. The third kappa shape index (κ3) is 2.03. The smallest absolute Gasteiger partial charge is 0.226 e. The minimum atomic E-state index is 0.0563. The van der Waals surface area contributed by atoms with Gasteiger partial charge in [0.15, 0.2) is 0 Å². The zero-order valence-corrected chi connectivity index (χ0v) is 9.96. The Kier molecular flexibility index (Phi) is 2.57. The highest BCUT2D eigenvalue weighted by Gasteiger charge is 2.22. The number of benzene rings is 1. The van der Waals surface area contributed by atoms with Crippen molar-refractivity contribution in [3.05, 3.63) is 46.7 Å². The van der Waals surface area contributed by atoms with Gasteiger partial charge in [-0.05, 0) is 23.6 Å². The van der Waals surface area contributed by atoms with Gasteiger partial charge in [0.05, 0.1) is 23.8 Å². The number of hydrogen-bond acceptors (Lipinski definition) is 3. The highest BCUT2D eigenvalue weighted by molar-refractivity contribution is 7.10. The van der Waals surface area contributed by atoms with Crippen LogP contribution in [0.5, 0.6) is 0 Å². The first-order chi connectivity index (χ1) is 8.33. The Labute approximate surface area is 103 Å². The predicted octanol–water partition coefficient (Wildman–Crippen LogP) is 3.24. The first kappa shape index (κ1) is 10.4. The van der Waals surface area contributed by atoms with Gasteiger partial charge in [-0.2, -0.15) is 0 Å². The third-order valence-corrected chi connectivity index (χ3v) is 3.79. The van der Waals surface area contributed by atoms with Gasteiger partial charge in [-0.3, -0.25) is 4.79 Å². The van der Waals surface area contributed by atoms with Crippen LogP contribution in [0.25, 0.3) is 0 Å². The molecule has 17 heavy (non-hydrogen) atoms. The van der Waals surface area contributed by atoms with Gasteiger partial charge in [-0.15, -0.1) is 11.3 Å². The van der Waals surface area contributed by atoms with Crippen LogP contribution in [-0.2, 0) is 4.79 Å². The van der Waals surface area contributed by atoms with Gasteiger partial charge in [0.25, 0.3) is 0 Å². The van der Waals surface area contributed by atoms with E-state index < -0.39 is 0 Å². The Morgan fingerprint density at radius 3 is 2.71 bits per heavy atom. The van der Waals surface area contributed by atoms with Crippen LogP contribution < -0.4 is 10.6 Å². The molecule has 1 aliphatic heterocycles. The third-order valence-electron chi connectivity index (χ3n) is 2.81. The van der Waals surface area contributed by atoms with Gasteiger partial charge in [0.2, 0.25) is 5.91 Å². The van der Waals surface area contributed by atoms with Crippen molar-refractivity contribution in [1.82, 2.24) is 0 Å². The Morgan fingerprint density at radius 1 is 1.12 bits per heavy atom. The van der Waals surface area contributed by atoms with Gasteiger partial charge in [0, 0.05) is 4.88 Å². The number of fused-ring (bicyclic) bond motifs is 1. The van der Waals surface area contributed by atoms with Crippen molar-refractivity contribution >= 4 is 28.6 Å². The van der Waals surface area contributed by atoms with E-state index in [0.29, 0.717) is 6.42 Å². The number of anilines is 2. The van der Waals surface area contributed by atoms with Crippen LogP contribution in [0.1, 0.15) is 17.3 Å². The van der Waals surface area contributed by atoms with Crippen LogP contribution in [0.3, 0.4) is 0 Å². The molecule has 3 rings (SSSR count). The molecule has 1 aromatic heterocycles. The fourth-order valence-electron chi connectivity index (χ4n) is 2.00. The van der Waals surface area contributed by atoms with Gasteiger partial charge >= 0.3 is 0 Å². The summed E-state index contributed by atoms with van der Waals surface area (Å²) in [5.41, 5.74) is 1.84. The van der Waals surface area contributed by atoms with Crippen molar-refractivity contribution in [3.63, 3.8) is 0 Å². The fourth-order valence-corrected chi connectivity index (χ4v) is 2.78. The normalized spacial score (nSPS) is 18.8. The van der Waals surface area contributed by atoms with Crippen LogP contribution in [0.15, 0.2) is 41.8 Å². The van der Waals surface area contributed by atoms with Crippen LogP contribution in [0, 0.1) is 0 Å². The molecular formula is C13H12N2OS. The van der Waals surface area contributed by atoms with Gasteiger partial charge in [-0.25, -0.2) is 0 Å². The maximum absolute atomic E-state index is 11.8. The van der Waals surface area contributed by atoms with Crippen LogP contribution in [0.4, 0.5) is 11.4 Å². The monoisotopic (exact) mass is 244 g/mol. The van der Waals surface area contributed by atoms with Crippen LogP contribution in [0.2, 0.25) is 0 Å². The molecule has 0 bridgehead atoms. The zero-order valence-electron chi connectivity index (χ0n) is 9.14. The maximum atomic E-state index is 11.8. The molecule has 0 aliphatic carbocycles. The topological polar surface area (TPSA) is 41.1 Å². The molecule has 2 heterocycles. The molecule has 1 atom stereocenters. The predicted molar refractivity (Wildman–Crippen MR) is 70.4 cm³/mol. The number of rotatable bonds is 1. The molecule has 3 nitrogen and oxygen atoms in total. The lowest BCUT2D eigenvalue weighted by molar-refractivity contribution is -0.116. The van der Waals surface area contributed by atoms with E-state index in [0.717, 1.165) is 11.4 Å². The van der Waals surface area contributed by atoms with Crippen molar-refractivity contribution in [2.45, 2.75) is 12.5 Å². The summed E-state index contributed by atoms with van der Waals surface area (Å²) in [5.74, 6) is 0.0563. The van der Waals surface area contributed by atoms with E-state index in [2.05, 4.69) is 16.7 Å². The molecule has 0 radical (unpaired) electrons. The lowest BCUT2D eigenvalue weighted by Crippen LogP contribution is -2.14. The molecule has 0 spiro atoms. The van der Waals surface area contributed by atoms with E-state index in [4.69, 9.17) is 0 Å². The SMILES string of the molecule is O=C1C[C@H](c2cccs2)Nc2ccccc2N1. The summed E-state index contributed by atoms with van der Waals surface area (Å²) in [6.07, 6.45) is 0.467. The standard InChI is InChI=1S/C13H12N2OS/c16-13-8-11(12-6-3-7-17-12)14-9-4-1-2-5-10(9)15-13/h1-7,11,14H,8H2,(H,15,16)/t11-/m1/s1. The fraction of sp³-hybridized carbons (Fsp3) is 0.154. The summed E-state index contributed by atoms with van der Waals surface area (Å²) < 4.78 is 0. The Morgan fingerprint density at radius 2 is 1.94 bits per heavy atom. The Hall–Kier alpha value is -1.81. The number of nitrogens with one attached hydrogen (secondary N) is 2. The largest absolute Gasteiger partial charge is 0.375 e. The van der Waals surface area contributed by atoms with Crippen molar-refractivity contribution in [2.75, 3.05) is 10.6 Å². The zero-order chi connectivity index (χ0) is 11.7. The first-order valence-corrected chi connectivity index (χ1v) is 6.40. The van der Waals surface area contributed by atoms with E-state index in [-0.39, 0.29) is 11.9 Å². The summed E-state index contributed by atoms with van der Waals surface area (Å²) >= 11 is 1.67. The highest BCUT2D eigenvalue weighted by Crippen LogP contribution is 2.33. The number of hydrogen-bond donors (Lipinski definition) is 2. The van der Waals surface area contributed by atoms with E-state index >= 15 is 0 Å². The molecule has 1 aromatic carbocycles. The van der Waals surface area contributed by atoms with Crippen molar-refractivity contribution in [1.29, 1.82) is 0 Å². The minimum Gasteiger partial charge on any atom is -0.375 e. The quantitative estimate of drug-likeness (QED) is 0.808. The molecule has 0 fully saturated rings. The van der Waals surface area contributed by atoms with E-state index in [1.165, 1.54) is 4.88 Å². The number of thiophene rings is 1. The van der Waals surface area contributed by atoms with E-state index in [1.807, 2.05) is 35.7 Å². The molecule has 4 heteroatoms. The average Bonchev–Trinajstić information content (AvgIpc) is 2.79. The number of amides is 1. The van der Waals surface area contributed by atoms with Crippen molar-refractivity contribution < 1.29 is 4.79 Å². The molecule has 0 saturated heterocycles. The molecule has 2 N–H and O–H groups in total. The second-order valence-electron chi connectivity index (χ2n) is 4.01. The number of carbonyl (C=O) groups excluding carboxylic acids is 1. The molecule has 0 saturated carbocycles. The van der Waals surface area contributed by atoms with Crippen molar-refractivity contribution in [2.24, 2.45) is 0 Å². The number of carbonyl (C=O) groups is 1. The van der Waals surface area contributed by atoms with E-state index in [1.54, 1.807) is 11.3 Å². The molecule has 1 aliphatic rings. The van der Waals surface area contributed by atoms with Crippen molar-refractivity contribution in [3.8, 4) is 0 Å². The molecule has 0 unspecified atom stereocenters. The second-order valence-corrected chi connectivity index (χ2v) is 4.99. The van der Waals surface area contributed by atoms with Gasteiger partial charge in [0.1, 0.15) is 0 Å². The summed E-state index contributed by atoms with van der Waals surface area (Å²) in [4.78, 5) is 13.0. The maximum Gasteiger partial charge on any atom is 0.226 e. The summed E-state index contributed by atoms with van der Waals surface area (Å²) in [6, 6.07) is 11.9. The van der Waals surface area contributed by atoms with E-state index in [9.17, 15) is 4.79 Å². The summed E-state index contributed by atoms with van der Waals surface area (Å²) in [5, 5.41) is 8.37. The first-order valence-electron chi connectivity index (χ1n) is 5.52. The molecule has 1 amide bonds. The number of para-hydroxylation sites is 2. The highest BCUT2D eigenvalue weighted by atomic mass is 32.1. The molecule has 2 aromatic rings. The lowest BCUT2D eigenvalue weighted by Gasteiger charge is -2.14. The van der Waals surface area contributed by atoms with Crippen LogP contribution in [-0.4, -0.2) is 5.91 Å². The Balaban J connectivity index is 1.98. The Bertz CT molecular complexity index is 536. The van der Waals surface area contributed by atoms with Gasteiger partial charge < -0.3 is 10.6 Å². The second kappa shape index (κ2) is 4.22. The molecule has 86 valence electrons. The average molecular weight is 244 g/mol. The minimum absolute atomic E-state index is 0.0563. The van der Waals surface area contributed by atoms with Crippen LogP contribution >= 0.6 is 11.3 Å². The lowest BCUT2D eigenvalue weighted by atomic mass is 10.1. The summed E-state index contributed by atoms with van der Waals surface area (Å²) in [7, 11) is 0. The molecular weight excluding hydrogens is 232 g/mol. The van der Waals surface area contributed by atoms with Gasteiger partial charge in [-0.1, -0.05) is 18.2 Å².